The van der Waals surface area contributed by atoms with E-state index in [2.05, 4.69) is 78.6 Å². The molecule has 1 unspecified atom stereocenters. The van der Waals surface area contributed by atoms with Gasteiger partial charge in [0.2, 0.25) is 0 Å². The van der Waals surface area contributed by atoms with Gasteiger partial charge in [0.25, 0.3) is 0 Å². The van der Waals surface area contributed by atoms with Gasteiger partial charge in [0.05, 0.1) is 6.61 Å². The number of halogens is 3. The largest absolute Gasteiger partial charge is 0.450 e. The summed E-state index contributed by atoms with van der Waals surface area (Å²) < 4.78 is 6.47. The molecule has 0 aromatic heterocycles. The molecule has 2 N–H and O–H groups in total. The van der Waals surface area contributed by atoms with Gasteiger partial charge in [0.15, 0.2) is 0 Å². The molecule has 0 radical (unpaired) electrons. The molecule has 14 heavy (non-hydrogen) atoms. The molecule has 0 aliphatic rings. The molecule has 0 saturated heterocycles. The molecule has 0 aromatic carbocycles. The number of amides is 1. The van der Waals surface area contributed by atoms with E-state index in [-0.39, 0.29) is 0 Å². The lowest BCUT2D eigenvalue weighted by atomic mass is 10.2. The Morgan fingerprint density at radius 2 is 2.07 bits per heavy atom. The Hall–Kier alpha value is 1.20. The van der Waals surface area contributed by atoms with E-state index in [0.717, 1.165) is 19.3 Å². The predicted molar refractivity (Wildman–Crippen MR) is 83.3 cm³/mol. The number of hydrogen-bond donors (Lipinski definition) is 1. The first-order valence-electron chi connectivity index (χ1n) is 4.11. The second-order valence-corrected chi connectivity index (χ2v) is 8.62. The van der Waals surface area contributed by atoms with Crippen molar-refractivity contribution in [3.8, 4) is 0 Å². The van der Waals surface area contributed by atoms with Crippen molar-refractivity contribution >= 4 is 73.9 Å². The highest BCUT2D eigenvalue weighted by Gasteiger charge is 2.01. The number of hydrogen-bond acceptors (Lipinski definition) is 2. The molecule has 82 valence electrons. The van der Waals surface area contributed by atoms with Crippen LogP contribution in [-0.2, 0) is 4.74 Å². The van der Waals surface area contributed by atoms with Crippen molar-refractivity contribution in [2.45, 2.75) is 23.2 Å². The van der Waals surface area contributed by atoms with Gasteiger partial charge in [-0.2, -0.15) is 0 Å². The number of carbonyl (C=O) groups excluding carboxylic acids is 1. The molecule has 0 aliphatic carbocycles. The summed E-state index contributed by atoms with van der Waals surface area (Å²) in [5.74, 6) is 0. The minimum Gasteiger partial charge on any atom is -0.450 e. The lowest BCUT2D eigenvalue weighted by Crippen LogP contribution is -2.13. The quantitative estimate of drug-likeness (QED) is 0.320. The van der Waals surface area contributed by atoms with Crippen molar-refractivity contribution in [2.24, 2.45) is 5.73 Å². The van der Waals surface area contributed by atoms with Gasteiger partial charge in [-0.25, -0.2) is 4.79 Å². The van der Waals surface area contributed by atoms with Crippen molar-refractivity contribution in [3.63, 3.8) is 0 Å². The molecular formula is C8H12I3NO2. The minimum absolute atomic E-state index is 0.434. The highest BCUT2D eigenvalue weighted by Crippen LogP contribution is 2.21. The molecule has 0 bridgehead atoms. The fourth-order valence-corrected chi connectivity index (χ4v) is 3.88. The summed E-state index contributed by atoms with van der Waals surface area (Å²) in [5, 5.41) is 0. The fraction of sp³-hybridized carbons (Fsp3) is 0.625. The maximum atomic E-state index is 10.2. The van der Waals surface area contributed by atoms with Gasteiger partial charge in [-0.3, -0.25) is 0 Å². The topological polar surface area (TPSA) is 52.3 Å². The molecule has 0 saturated carbocycles. The van der Waals surface area contributed by atoms with Gasteiger partial charge in [-0.05, 0) is 64.4 Å². The van der Waals surface area contributed by atoms with Crippen molar-refractivity contribution < 1.29 is 9.53 Å². The number of rotatable bonds is 6. The van der Waals surface area contributed by atoms with Crippen LogP contribution < -0.4 is 5.73 Å². The molecule has 3 nitrogen and oxygen atoms in total. The monoisotopic (exact) mass is 535 g/mol. The highest BCUT2D eigenvalue weighted by atomic mass is 127. The summed E-state index contributed by atoms with van der Waals surface area (Å²) in [5.41, 5.74) is 4.83. The zero-order chi connectivity index (χ0) is 11.0. The first-order chi connectivity index (χ1) is 6.52. The molecule has 0 heterocycles. The van der Waals surface area contributed by atoms with E-state index in [1.165, 1.54) is 1.59 Å². The second kappa shape index (κ2) is 9.43. The third-order valence-corrected chi connectivity index (χ3v) is 3.13. The Kier molecular flexibility index (Phi) is 10.2. The number of allylic oxidation sites excluding steroid dienone is 1. The zero-order valence-corrected chi connectivity index (χ0v) is 14.0. The molecule has 0 fully saturated rings. The van der Waals surface area contributed by atoms with Crippen LogP contribution in [0.4, 0.5) is 4.79 Å². The molecule has 0 aromatic rings. The Balaban J connectivity index is 3.36. The van der Waals surface area contributed by atoms with Crippen molar-refractivity contribution in [1.82, 2.24) is 0 Å². The van der Waals surface area contributed by atoms with E-state index in [1.807, 2.05) is 0 Å². The van der Waals surface area contributed by atoms with E-state index in [9.17, 15) is 4.79 Å². The predicted octanol–water partition coefficient (Wildman–Crippen LogP) is 3.77. The van der Waals surface area contributed by atoms with E-state index in [4.69, 9.17) is 5.73 Å². The number of nitrogens with two attached hydrogens (primary N) is 1. The van der Waals surface area contributed by atoms with E-state index < -0.39 is 6.09 Å². The Morgan fingerprint density at radius 1 is 1.43 bits per heavy atom. The smallest absolute Gasteiger partial charge is 0.404 e. The molecule has 1 amide bonds. The normalized spacial score (nSPS) is 11.9. The summed E-state index contributed by atoms with van der Waals surface area (Å²) in [7, 11) is 0. The van der Waals surface area contributed by atoms with Crippen LogP contribution in [0.5, 0.6) is 0 Å². The lowest BCUT2D eigenvalue weighted by molar-refractivity contribution is 0.154. The molecular weight excluding hydrogens is 523 g/mol. The number of unbranched alkanes of at least 4 members (excludes halogenated alkanes) is 1. The summed E-state index contributed by atoms with van der Waals surface area (Å²) in [6.07, 6.45) is 4.58. The van der Waals surface area contributed by atoms with Crippen LogP contribution in [0.1, 0.15) is 19.3 Å². The Labute approximate surface area is 125 Å². The van der Waals surface area contributed by atoms with Crippen molar-refractivity contribution in [2.75, 3.05) is 6.61 Å². The summed E-state index contributed by atoms with van der Waals surface area (Å²) in [6, 6.07) is 0. The maximum Gasteiger partial charge on any atom is 0.404 e. The first-order valence-corrected chi connectivity index (χ1v) is 7.52. The van der Waals surface area contributed by atoms with Crippen LogP contribution >= 0.6 is 67.8 Å². The SMILES string of the molecule is NC(=O)OCCCCC(I)C=C(I)I. The summed E-state index contributed by atoms with van der Waals surface area (Å²) >= 11 is 6.99. The second-order valence-electron chi connectivity index (χ2n) is 2.64. The Bertz CT molecular complexity index is 205. The average molecular weight is 535 g/mol. The van der Waals surface area contributed by atoms with E-state index in [1.54, 1.807) is 0 Å². The first kappa shape index (κ1) is 15.2. The van der Waals surface area contributed by atoms with Gasteiger partial charge in [0, 0.05) is 5.51 Å². The zero-order valence-electron chi connectivity index (χ0n) is 7.51. The van der Waals surface area contributed by atoms with E-state index in [0.29, 0.717) is 10.5 Å². The number of alkyl halides is 1. The van der Waals surface area contributed by atoms with Crippen LogP contribution in [-0.4, -0.2) is 16.6 Å². The van der Waals surface area contributed by atoms with Crippen LogP contribution in [0, 0.1) is 0 Å². The molecule has 0 spiro atoms. The van der Waals surface area contributed by atoms with Gasteiger partial charge in [0.1, 0.15) is 0 Å². The van der Waals surface area contributed by atoms with Crippen molar-refractivity contribution in [3.05, 3.63) is 7.66 Å². The number of ether oxygens (including phenoxy) is 1. The lowest BCUT2D eigenvalue weighted by Gasteiger charge is -2.04. The van der Waals surface area contributed by atoms with Gasteiger partial charge in [-0.1, -0.05) is 28.7 Å². The average Bonchev–Trinajstić information content (AvgIpc) is 2.01. The Morgan fingerprint density at radius 3 is 2.57 bits per heavy atom. The van der Waals surface area contributed by atoms with Crippen LogP contribution in [0.25, 0.3) is 0 Å². The minimum atomic E-state index is -0.683. The van der Waals surface area contributed by atoms with Gasteiger partial charge >= 0.3 is 6.09 Å². The third kappa shape index (κ3) is 11.3. The standard InChI is InChI=1S/C8H12I3NO2/c9-6(5-7(10)11)3-1-2-4-14-8(12)13/h5-6H,1-4H2,(H2,12,13). The number of primary amides is 1. The molecule has 0 rings (SSSR count). The number of carbonyl (C=O) groups is 1. The van der Waals surface area contributed by atoms with Crippen LogP contribution in [0.15, 0.2) is 7.66 Å². The molecule has 0 aliphatic heterocycles. The van der Waals surface area contributed by atoms with Crippen LogP contribution in [0.2, 0.25) is 0 Å². The molecule has 1 atom stereocenters. The summed E-state index contributed by atoms with van der Waals surface area (Å²) in [6.45, 7) is 0.434. The molecule has 6 heteroatoms. The van der Waals surface area contributed by atoms with Gasteiger partial charge < -0.3 is 10.5 Å². The third-order valence-electron chi connectivity index (χ3n) is 1.43. The van der Waals surface area contributed by atoms with Crippen molar-refractivity contribution in [1.29, 1.82) is 0 Å². The maximum absolute atomic E-state index is 10.2. The summed E-state index contributed by atoms with van der Waals surface area (Å²) in [4.78, 5) is 10.2. The highest BCUT2D eigenvalue weighted by molar-refractivity contribution is 14.2. The van der Waals surface area contributed by atoms with Gasteiger partial charge in [-0.15, -0.1) is 0 Å². The van der Waals surface area contributed by atoms with Crippen LogP contribution in [0.3, 0.4) is 0 Å². The fourth-order valence-electron chi connectivity index (χ4n) is 0.834. The van der Waals surface area contributed by atoms with E-state index >= 15 is 0 Å².